The van der Waals surface area contributed by atoms with Crippen LogP contribution in [0.3, 0.4) is 0 Å². The van der Waals surface area contributed by atoms with E-state index in [1.807, 2.05) is 6.92 Å². The van der Waals surface area contributed by atoms with Gasteiger partial charge in [-0.05, 0) is 38.0 Å². The van der Waals surface area contributed by atoms with Gasteiger partial charge >= 0.3 is 0 Å². The first kappa shape index (κ1) is 17.2. The Morgan fingerprint density at radius 3 is 2.46 bits per heavy atom. The molecule has 0 saturated carbocycles. The number of amides is 1. The van der Waals surface area contributed by atoms with E-state index in [-0.39, 0.29) is 16.9 Å². The van der Waals surface area contributed by atoms with E-state index in [0.717, 1.165) is 25.7 Å². The SMILES string of the molecule is CC(=O)N1CC(C)Oc2ccc(S(=O)(=O)N3CCCCCC3)cc21. The molecular weight excluding hydrogens is 328 g/mol. The summed E-state index contributed by atoms with van der Waals surface area (Å²) in [5.41, 5.74) is 0.538. The lowest BCUT2D eigenvalue weighted by atomic mass is 10.2. The summed E-state index contributed by atoms with van der Waals surface area (Å²) in [5.74, 6) is 0.439. The molecule has 2 aliphatic rings. The van der Waals surface area contributed by atoms with E-state index in [1.54, 1.807) is 27.4 Å². The van der Waals surface area contributed by atoms with E-state index in [9.17, 15) is 13.2 Å². The van der Waals surface area contributed by atoms with Crippen molar-refractivity contribution in [2.45, 2.75) is 50.5 Å². The van der Waals surface area contributed by atoms with Gasteiger partial charge in [-0.25, -0.2) is 8.42 Å². The van der Waals surface area contributed by atoms with Crippen molar-refractivity contribution in [2.75, 3.05) is 24.5 Å². The van der Waals surface area contributed by atoms with Gasteiger partial charge in [-0.15, -0.1) is 0 Å². The number of ether oxygens (including phenoxy) is 1. The molecule has 1 atom stereocenters. The van der Waals surface area contributed by atoms with E-state index >= 15 is 0 Å². The standard InChI is InChI=1S/C17H24N2O4S/c1-13-12-19(14(2)20)16-11-15(7-8-17(16)23-13)24(21,22)18-9-5-3-4-6-10-18/h7-8,11,13H,3-6,9-10,12H2,1-2H3. The van der Waals surface area contributed by atoms with Gasteiger partial charge in [0.1, 0.15) is 11.9 Å². The lowest BCUT2D eigenvalue weighted by Gasteiger charge is -2.33. The highest BCUT2D eigenvalue weighted by Gasteiger charge is 2.30. The molecule has 6 nitrogen and oxygen atoms in total. The zero-order valence-electron chi connectivity index (χ0n) is 14.2. The van der Waals surface area contributed by atoms with Crippen LogP contribution in [0, 0.1) is 0 Å². The van der Waals surface area contributed by atoms with Gasteiger partial charge in [0.05, 0.1) is 17.1 Å². The normalized spacial score (nSPS) is 22.4. The Morgan fingerprint density at radius 2 is 1.83 bits per heavy atom. The molecule has 0 N–H and O–H groups in total. The first-order valence-corrected chi connectivity index (χ1v) is 9.92. The fraction of sp³-hybridized carbons (Fsp3) is 0.588. The number of carbonyl (C=O) groups is 1. The summed E-state index contributed by atoms with van der Waals surface area (Å²) in [5, 5.41) is 0. The van der Waals surface area contributed by atoms with Crippen molar-refractivity contribution in [3.8, 4) is 5.75 Å². The maximum atomic E-state index is 12.9. The summed E-state index contributed by atoms with van der Waals surface area (Å²) in [6.45, 7) is 4.92. The van der Waals surface area contributed by atoms with Crippen molar-refractivity contribution in [2.24, 2.45) is 0 Å². The topological polar surface area (TPSA) is 66.9 Å². The number of benzene rings is 1. The number of sulfonamides is 1. The highest BCUT2D eigenvalue weighted by atomic mass is 32.2. The second kappa shape index (κ2) is 6.72. The van der Waals surface area contributed by atoms with Crippen LogP contribution >= 0.6 is 0 Å². The molecule has 132 valence electrons. The first-order valence-electron chi connectivity index (χ1n) is 8.48. The Balaban J connectivity index is 1.98. The van der Waals surface area contributed by atoms with Crippen molar-refractivity contribution >= 4 is 21.6 Å². The van der Waals surface area contributed by atoms with Crippen LogP contribution in [-0.4, -0.2) is 44.4 Å². The summed E-state index contributed by atoms with van der Waals surface area (Å²) in [6.07, 6.45) is 3.81. The number of fused-ring (bicyclic) bond motifs is 1. The molecule has 7 heteroatoms. The number of hydrogen-bond donors (Lipinski definition) is 0. The second-order valence-electron chi connectivity index (χ2n) is 6.51. The van der Waals surface area contributed by atoms with Crippen LogP contribution in [0.1, 0.15) is 39.5 Å². The minimum absolute atomic E-state index is 0.115. The quantitative estimate of drug-likeness (QED) is 0.820. The van der Waals surface area contributed by atoms with Crippen LogP contribution in [0.4, 0.5) is 5.69 Å². The molecule has 0 spiro atoms. The zero-order valence-corrected chi connectivity index (χ0v) is 15.0. The number of nitrogens with zero attached hydrogens (tertiary/aromatic N) is 2. The highest BCUT2D eigenvalue weighted by Crippen LogP contribution is 2.36. The van der Waals surface area contributed by atoms with E-state index in [0.29, 0.717) is 31.1 Å². The molecule has 24 heavy (non-hydrogen) atoms. The third kappa shape index (κ3) is 3.28. The average Bonchev–Trinajstić information content (AvgIpc) is 2.83. The van der Waals surface area contributed by atoms with Gasteiger partial charge in [0, 0.05) is 20.0 Å². The molecule has 1 amide bonds. The average molecular weight is 352 g/mol. The van der Waals surface area contributed by atoms with E-state index in [4.69, 9.17) is 4.74 Å². The van der Waals surface area contributed by atoms with Crippen molar-refractivity contribution < 1.29 is 17.9 Å². The van der Waals surface area contributed by atoms with Gasteiger partial charge in [0.25, 0.3) is 0 Å². The van der Waals surface area contributed by atoms with E-state index in [1.165, 1.54) is 6.92 Å². The molecule has 0 aromatic heterocycles. The minimum atomic E-state index is -3.54. The summed E-state index contributed by atoms with van der Waals surface area (Å²) in [7, 11) is -3.54. The Bertz CT molecular complexity index is 724. The molecule has 1 fully saturated rings. The van der Waals surface area contributed by atoms with Gasteiger partial charge in [-0.3, -0.25) is 4.79 Å². The molecule has 1 saturated heterocycles. The number of rotatable bonds is 2. The Kier molecular flexibility index (Phi) is 4.83. The predicted octanol–water partition coefficient (Wildman–Crippen LogP) is 2.39. The van der Waals surface area contributed by atoms with E-state index < -0.39 is 10.0 Å². The fourth-order valence-corrected chi connectivity index (χ4v) is 4.84. The van der Waals surface area contributed by atoms with Crippen molar-refractivity contribution in [3.63, 3.8) is 0 Å². The number of hydrogen-bond acceptors (Lipinski definition) is 4. The lowest BCUT2D eigenvalue weighted by Crippen LogP contribution is -2.41. The Labute approximate surface area is 143 Å². The second-order valence-corrected chi connectivity index (χ2v) is 8.44. The summed E-state index contributed by atoms with van der Waals surface area (Å²) >= 11 is 0. The van der Waals surface area contributed by atoms with Gasteiger partial charge in [0.15, 0.2) is 0 Å². The first-order chi connectivity index (χ1) is 11.4. The number of anilines is 1. The van der Waals surface area contributed by atoms with Gasteiger partial charge in [-0.2, -0.15) is 4.31 Å². The minimum Gasteiger partial charge on any atom is -0.487 e. The monoisotopic (exact) mass is 352 g/mol. The predicted molar refractivity (Wildman–Crippen MR) is 91.8 cm³/mol. The summed E-state index contributed by atoms with van der Waals surface area (Å²) in [4.78, 5) is 13.7. The van der Waals surface area contributed by atoms with Crippen molar-refractivity contribution in [1.29, 1.82) is 0 Å². The Hall–Kier alpha value is -1.60. The molecule has 0 aliphatic carbocycles. The van der Waals surface area contributed by atoms with Gasteiger partial charge < -0.3 is 9.64 Å². The third-order valence-electron chi connectivity index (χ3n) is 4.57. The third-order valence-corrected chi connectivity index (χ3v) is 6.47. The van der Waals surface area contributed by atoms with Crippen LogP contribution in [0.15, 0.2) is 23.1 Å². The molecule has 1 aromatic rings. The maximum Gasteiger partial charge on any atom is 0.243 e. The molecule has 1 aromatic carbocycles. The van der Waals surface area contributed by atoms with Crippen molar-refractivity contribution in [3.05, 3.63) is 18.2 Å². The largest absolute Gasteiger partial charge is 0.487 e. The van der Waals surface area contributed by atoms with Crippen molar-refractivity contribution in [1.82, 2.24) is 4.31 Å². The fourth-order valence-electron chi connectivity index (χ4n) is 3.31. The van der Waals surface area contributed by atoms with Crippen LogP contribution < -0.4 is 9.64 Å². The molecule has 2 aliphatic heterocycles. The molecular formula is C17H24N2O4S. The molecule has 0 bridgehead atoms. The van der Waals surface area contributed by atoms with Crippen LogP contribution in [0.5, 0.6) is 5.75 Å². The summed E-state index contributed by atoms with van der Waals surface area (Å²) < 4.78 is 33.2. The summed E-state index contributed by atoms with van der Waals surface area (Å²) in [6, 6.07) is 4.81. The lowest BCUT2D eigenvalue weighted by molar-refractivity contribution is -0.117. The van der Waals surface area contributed by atoms with Crippen LogP contribution in [0.25, 0.3) is 0 Å². The van der Waals surface area contributed by atoms with Crippen LogP contribution in [-0.2, 0) is 14.8 Å². The highest BCUT2D eigenvalue weighted by molar-refractivity contribution is 7.89. The van der Waals surface area contributed by atoms with Gasteiger partial charge in [0.2, 0.25) is 15.9 Å². The zero-order chi connectivity index (χ0) is 17.3. The molecule has 3 rings (SSSR count). The maximum absolute atomic E-state index is 12.9. The molecule has 1 unspecified atom stereocenters. The smallest absolute Gasteiger partial charge is 0.243 e. The number of carbonyl (C=O) groups excluding carboxylic acids is 1. The van der Waals surface area contributed by atoms with Crippen LogP contribution in [0.2, 0.25) is 0 Å². The molecule has 0 radical (unpaired) electrons. The molecule has 2 heterocycles. The van der Waals surface area contributed by atoms with E-state index in [2.05, 4.69) is 0 Å². The Morgan fingerprint density at radius 1 is 1.17 bits per heavy atom. The van der Waals surface area contributed by atoms with Gasteiger partial charge in [-0.1, -0.05) is 12.8 Å².